The molecule has 0 aromatic heterocycles. The van der Waals surface area contributed by atoms with E-state index in [0.717, 1.165) is 19.6 Å². The van der Waals surface area contributed by atoms with Crippen molar-refractivity contribution >= 4 is 24.8 Å². The molecule has 2 unspecified atom stereocenters. The summed E-state index contributed by atoms with van der Waals surface area (Å²) in [5.74, 6) is 0.566. The van der Waals surface area contributed by atoms with Crippen molar-refractivity contribution in [2.75, 3.05) is 33.8 Å². The molecule has 0 aromatic rings. The number of methoxy groups -OCH3 is 1. The fraction of sp³-hybridized carbons (Fsp3) is 1.00. The van der Waals surface area contributed by atoms with Gasteiger partial charge in [-0.3, -0.25) is 0 Å². The van der Waals surface area contributed by atoms with Crippen LogP contribution in [-0.2, 0) is 4.74 Å². The molecule has 1 saturated heterocycles. The summed E-state index contributed by atoms with van der Waals surface area (Å²) in [5, 5.41) is 0. The first kappa shape index (κ1) is 15.9. The SMILES string of the molecule is COC1CN(C)CCC1CN.Cl.Cl. The predicted molar refractivity (Wildman–Crippen MR) is 60.0 cm³/mol. The van der Waals surface area contributed by atoms with Gasteiger partial charge in [-0.25, -0.2) is 0 Å². The van der Waals surface area contributed by atoms with Crippen LogP contribution in [0.15, 0.2) is 0 Å². The second kappa shape index (κ2) is 7.83. The third-order valence-corrected chi connectivity index (χ3v) is 2.50. The van der Waals surface area contributed by atoms with E-state index in [1.807, 2.05) is 0 Å². The molecule has 5 heteroatoms. The van der Waals surface area contributed by atoms with Crippen molar-refractivity contribution < 1.29 is 4.74 Å². The second-order valence-corrected chi connectivity index (χ2v) is 3.32. The maximum Gasteiger partial charge on any atom is 0.0738 e. The predicted octanol–water partition coefficient (Wildman–Crippen LogP) is 0.755. The average molecular weight is 231 g/mol. The van der Waals surface area contributed by atoms with Gasteiger partial charge in [0.15, 0.2) is 0 Å². The van der Waals surface area contributed by atoms with Gasteiger partial charge in [0, 0.05) is 13.7 Å². The number of ether oxygens (including phenoxy) is 1. The molecule has 0 spiro atoms. The molecule has 0 aliphatic carbocycles. The smallest absolute Gasteiger partial charge is 0.0738 e. The summed E-state index contributed by atoms with van der Waals surface area (Å²) in [6.45, 7) is 2.94. The normalized spacial score (nSPS) is 28.8. The number of rotatable bonds is 2. The Morgan fingerprint density at radius 3 is 2.54 bits per heavy atom. The molecule has 0 radical (unpaired) electrons. The van der Waals surface area contributed by atoms with Crippen LogP contribution in [0.25, 0.3) is 0 Å². The maximum atomic E-state index is 5.62. The van der Waals surface area contributed by atoms with E-state index in [0.29, 0.717) is 12.0 Å². The van der Waals surface area contributed by atoms with Crippen molar-refractivity contribution in [3.05, 3.63) is 0 Å². The minimum Gasteiger partial charge on any atom is -0.380 e. The number of likely N-dealkylation sites (tertiary alicyclic amines) is 1. The molecule has 2 atom stereocenters. The van der Waals surface area contributed by atoms with Gasteiger partial charge < -0.3 is 15.4 Å². The van der Waals surface area contributed by atoms with Crippen LogP contribution in [0.1, 0.15) is 6.42 Å². The highest BCUT2D eigenvalue weighted by Crippen LogP contribution is 2.17. The summed E-state index contributed by atoms with van der Waals surface area (Å²) < 4.78 is 5.34. The van der Waals surface area contributed by atoms with Crippen LogP contribution < -0.4 is 5.73 Å². The van der Waals surface area contributed by atoms with E-state index in [1.54, 1.807) is 7.11 Å². The van der Waals surface area contributed by atoms with E-state index >= 15 is 0 Å². The highest BCUT2D eigenvalue weighted by atomic mass is 35.5. The zero-order valence-electron chi connectivity index (χ0n) is 8.23. The Morgan fingerprint density at radius 1 is 1.46 bits per heavy atom. The third-order valence-electron chi connectivity index (χ3n) is 2.50. The Bertz CT molecular complexity index is 127. The standard InChI is InChI=1S/C8H18N2O.2ClH/c1-10-4-3-7(5-9)8(6-10)11-2;;/h7-8H,3-6,9H2,1-2H3;2*1H. The van der Waals surface area contributed by atoms with Crippen LogP contribution in [0.2, 0.25) is 0 Å². The molecular weight excluding hydrogens is 211 g/mol. The van der Waals surface area contributed by atoms with E-state index in [-0.39, 0.29) is 24.8 Å². The van der Waals surface area contributed by atoms with Crippen molar-refractivity contribution in [2.24, 2.45) is 11.7 Å². The van der Waals surface area contributed by atoms with E-state index in [9.17, 15) is 0 Å². The number of hydrogen-bond acceptors (Lipinski definition) is 3. The van der Waals surface area contributed by atoms with E-state index in [2.05, 4.69) is 11.9 Å². The topological polar surface area (TPSA) is 38.5 Å². The van der Waals surface area contributed by atoms with E-state index in [4.69, 9.17) is 10.5 Å². The molecule has 0 aromatic carbocycles. The minimum atomic E-state index is 0. The first-order chi connectivity index (χ1) is 5.27. The molecular formula is C8H20Cl2N2O. The highest BCUT2D eigenvalue weighted by Gasteiger charge is 2.25. The lowest BCUT2D eigenvalue weighted by Crippen LogP contribution is -2.45. The fourth-order valence-electron chi connectivity index (χ4n) is 1.66. The Labute approximate surface area is 92.8 Å². The quantitative estimate of drug-likeness (QED) is 0.762. The molecule has 82 valence electrons. The molecule has 13 heavy (non-hydrogen) atoms. The highest BCUT2D eigenvalue weighted by molar-refractivity contribution is 5.85. The molecule has 0 amide bonds. The molecule has 1 heterocycles. The zero-order valence-corrected chi connectivity index (χ0v) is 9.87. The number of piperidine rings is 1. The van der Waals surface area contributed by atoms with Gasteiger partial charge in [-0.15, -0.1) is 24.8 Å². The molecule has 1 aliphatic rings. The van der Waals surface area contributed by atoms with Crippen LogP contribution in [0.3, 0.4) is 0 Å². The van der Waals surface area contributed by atoms with Crippen molar-refractivity contribution in [1.29, 1.82) is 0 Å². The van der Waals surface area contributed by atoms with Crippen LogP contribution in [0, 0.1) is 5.92 Å². The molecule has 1 fully saturated rings. The molecule has 1 aliphatic heterocycles. The summed E-state index contributed by atoms with van der Waals surface area (Å²) in [7, 11) is 3.89. The summed E-state index contributed by atoms with van der Waals surface area (Å²) in [5.41, 5.74) is 5.62. The first-order valence-electron chi connectivity index (χ1n) is 4.19. The van der Waals surface area contributed by atoms with Gasteiger partial charge in [-0.2, -0.15) is 0 Å². The van der Waals surface area contributed by atoms with E-state index < -0.39 is 0 Å². The van der Waals surface area contributed by atoms with Crippen LogP contribution >= 0.6 is 24.8 Å². The summed E-state index contributed by atoms with van der Waals surface area (Å²) in [6.07, 6.45) is 1.52. The molecule has 0 bridgehead atoms. The van der Waals surface area contributed by atoms with Crippen molar-refractivity contribution in [3.8, 4) is 0 Å². The molecule has 1 rings (SSSR count). The summed E-state index contributed by atoms with van der Waals surface area (Å²) in [6, 6.07) is 0. The largest absolute Gasteiger partial charge is 0.380 e. The Morgan fingerprint density at radius 2 is 2.08 bits per heavy atom. The van der Waals surface area contributed by atoms with Gasteiger partial charge in [-0.1, -0.05) is 0 Å². The van der Waals surface area contributed by atoms with Crippen molar-refractivity contribution in [2.45, 2.75) is 12.5 Å². The lowest BCUT2D eigenvalue weighted by Gasteiger charge is -2.35. The third kappa shape index (κ3) is 4.47. The van der Waals surface area contributed by atoms with Gasteiger partial charge in [0.1, 0.15) is 0 Å². The van der Waals surface area contributed by atoms with Crippen LogP contribution in [0.5, 0.6) is 0 Å². The van der Waals surface area contributed by atoms with Crippen molar-refractivity contribution in [3.63, 3.8) is 0 Å². The Balaban J connectivity index is 0. The monoisotopic (exact) mass is 230 g/mol. The average Bonchev–Trinajstić information content (AvgIpc) is 2.04. The van der Waals surface area contributed by atoms with Gasteiger partial charge >= 0.3 is 0 Å². The molecule has 2 N–H and O–H groups in total. The second-order valence-electron chi connectivity index (χ2n) is 3.32. The Hall–Kier alpha value is 0.460. The van der Waals surface area contributed by atoms with Gasteiger partial charge in [-0.05, 0) is 32.5 Å². The number of likely N-dealkylation sites (N-methyl/N-ethyl adjacent to an activating group) is 1. The minimum absolute atomic E-state index is 0. The zero-order chi connectivity index (χ0) is 8.27. The number of nitrogens with two attached hydrogens (primary N) is 1. The van der Waals surface area contributed by atoms with Gasteiger partial charge in [0.05, 0.1) is 6.10 Å². The number of nitrogens with zero attached hydrogens (tertiary/aromatic N) is 1. The van der Waals surface area contributed by atoms with Gasteiger partial charge in [0.2, 0.25) is 0 Å². The Kier molecular flexibility index (Phi) is 9.58. The lowest BCUT2D eigenvalue weighted by atomic mass is 9.94. The summed E-state index contributed by atoms with van der Waals surface area (Å²) >= 11 is 0. The summed E-state index contributed by atoms with van der Waals surface area (Å²) in [4.78, 5) is 2.29. The first-order valence-corrected chi connectivity index (χ1v) is 4.19. The van der Waals surface area contributed by atoms with Crippen LogP contribution in [-0.4, -0.2) is 44.8 Å². The van der Waals surface area contributed by atoms with Gasteiger partial charge in [0.25, 0.3) is 0 Å². The van der Waals surface area contributed by atoms with Crippen molar-refractivity contribution in [1.82, 2.24) is 4.90 Å². The van der Waals surface area contributed by atoms with Crippen LogP contribution in [0.4, 0.5) is 0 Å². The molecule has 3 nitrogen and oxygen atoms in total. The number of halogens is 2. The maximum absolute atomic E-state index is 5.62. The number of hydrogen-bond donors (Lipinski definition) is 1. The lowest BCUT2D eigenvalue weighted by molar-refractivity contribution is -0.000100. The fourth-order valence-corrected chi connectivity index (χ4v) is 1.66. The van der Waals surface area contributed by atoms with E-state index in [1.165, 1.54) is 6.42 Å². The molecule has 0 saturated carbocycles.